The third kappa shape index (κ3) is 5.46. The summed E-state index contributed by atoms with van der Waals surface area (Å²) in [5.41, 5.74) is 0.929. The van der Waals surface area contributed by atoms with E-state index in [0.29, 0.717) is 18.8 Å². The van der Waals surface area contributed by atoms with Gasteiger partial charge >= 0.3 is 5.97 Å². The molecule has 1 N–H and O–H groups in total. The Morgan fingerprint density at radius 3 is 2.48 bits per heavy atom. The molecule has 0 aliphatic heterocycles. The van der Waals surface area contributed by atoms with E-state index in [4.69, 9.17) is 4.74 Å². The largest absolute Gasteiger partial charge is 0.467 e. The molecule has 1 aromatic heterocycles. The molecule has 0 unspecified atom stereocenters. The van der Waals surface area contributed by atoms with E-state index in [9.17, 15) is 9.59 Å². The highest BCUT2D eigenvalue weighted by atomic mass is 32.1. The molecule has 0 bridgehead atoms. The molecule has 0 saturated heterocycles. The summed E-state index contributed by atoms with van der Waals surface area (Å²) in [7, 11) is 1.33. The lowest BCUT2D eigenvalue weighted by atomic mass is 10.0. The van der Waals surface area contributed by atoms with Crippen LogP contribution in [0.4, 0.5) is 0 Å². The van der Waals surface area contributed by atoms with Crippen LogP contribution in [0.1, 0.15) is 50.7 Å². The average molecular weight is 312 g/mol. The van der Waals surface area contributed by atoms with Crippen LogP contribution < -0.4 is 5.32 Å². The Balaban J connectivity index is 2.50. The Morgan fingerprint density at radius 1 is 1.33 bits per heavy atom. The first kappa shape index (κ1) is 17.6. The van der Waals surface area contributed by atoms with Crippen LogP contribution in [0.25, 0.3) is 0 Å². The molecule has 0 aliphatic rings. The van der Waals surface area contributed by atoms with Gasteiger partial charge in [0.05, 0.1) is 17.8 Å². The van der Waals surface area contributed by atoms with Crippen molar-refractivity contribution in [2.45, 2.75) is 52.5 Å². The molecule has 0 fully saturated rings. The lowest BCUT2D eigenvalue weighted by Crippen LogP contribution is -2.45. The Labute approximate surface area is 130 Å². The van der Waals surface area contributed by atoms with Gasteiger partial charge in [-0.1, -0.05) is 27.7 Å². The number of aromatic nitrogens is 1. The Morgan fingerprint density at radius 2 is 2.00 bits per heavy atom. The van der Waals surface area contributed by atoms with Crippen LogP contribution in [0.3, 0.4) is 0 Å². The van der Waals surface area contributed by atoms with Crippen LogP contribution in [-0.2, 0) is 20.7 Å². The van der Waals surface area contributed by atoms with Crippen LogP contribution >= 0.6 is 11.3 Å². The summed E-state index contributed by atoms with van der Waals surface area (Å²) in [6, 6.07) is -0.593. The van der Waals surface area contributed by atoms with Crippen molar-refractivity contribution in [1.82, 2.24) is 10.3 Å². The molecule has 1 heterocycles. The zero-order valence-electron chi connectivity index (χ0n) is 13.3. The van der Waals surface area contributed by atoms with E-state index in [0.717, 1.165) is 10.7 Å². The second-order valence-electron chi connectivity index (χ2n) is 5.64. The fourth-order valence-electron chi connectivity index (χ4n) is 1.81. The number of amides is 1. The van der Waals surface area contributed by atoms with Crippen LogP contribution in [0.5, 0.6) is 0 Å². The number of carbonyl (C=O) groups excluding carboxylic acids is 2. The topological polar surface area (TPSA) is 68.3 Å². The number of ether oxygens (including phenoxy) is 1. The molecule has 0 saturated carbocycles. The molecule has 1 aromatic rings. The SMILES string of the molecule is COC(=O)[C@@H](NC(=O)CCc1csc(C(C)C)n1)C(C)C. The molecule has 1 atom stereocenters. The second kappa shape index (κ2) is 8.12. The van der Waals surface area contributed by atoms with Crippen LogP contribution in [-0.4, -0.2) is 30.0 Å². The number of carbonyl (C=O) groups is 2. The summed E-state index contributed by atoms with van der Waals surface area (Å²) in [6.07, 6.45) is 0.905. The molecule has 1 amide bonds. The summed E-state index contributed by atoms with van der Waals surface area (Å²) in [6.45, 7) is 7.94. The van der Waals surface area contributed by atoms with Gasteiger partial charge < -0.3 is 10.1 Å². The first-order chi connectivity index (χ1) is 9.85. The highest BCUT2D eigenvalue weighted by molar-refractivity contribution is 7.09. The molecule has 6 heteroatoms. The van der Waals surface area contributed by atoms with Gasteiger partial charge in [0, 0.05) is 17.7 Å². The maximum atomic E-state index is 11.9. The number of hydrogen-bond acceptors (Lipinski definition) is 5. The summed E-state index contributed by atoms with van der Waals surface area (Å²) in [5, 5.41) is 5.80. The predicted molar refractivity (Wildman–Crippen MR) is 83.3 cm³/mol. The van der Waals surface area contributed by atoms with E-state index in [1.807, 2.05) is 19.2 Å². The van der Waals surface area contributed by atoms with Crippen molar-refractivity contribution < 1.29 is 14.3 Å². The van der Waals surface area contributed by atoms with Gasteiger partial charge in [0.15, 0.2) is 0 Å². The lowest BCUT2D eigenvalue weighted by Gasteiger charge is -2.19. The van der Waals surface area contributed by atoms with Gasteiger partial charge in [-0.05, 0) is 12.3 Å². The van der Waals surface area contributed by atoms with Crippen molar-refractivity contribution in [2.24, 2.45) is 5.92 Å². The first-order valence-corrected chi connectivity index (χ1v) is 8.04. The zero-order chi connectivity index (χ0) is 16.0. The smallest absolute Gasteiger partial charge is 0.328 e. The molecule has 0 spiro atoms. The summed E-state index contributed by atoms with van der Waals surface area (Å²) in [5.74, 6) is -0.164. The molecular formula is C15H24N2O3S. The van der Waals surface area contributed by atoms with Gasteiger partial charge in [-0.25, -0.2) is 9.78 Å². The van der Waals surface area contributed by atoms with Crippen molar-refractivity contribution in [2.75, 3.05) is 7.11 Å². The summed E-state index contributed by atoms with van der Waals surface area (Å²) < 4.78 is 4.70. The molecule has 0 aliphatic carbocycles. The minimum atomic E-state index is -0.593. The molecule has 21 heavy (non-hydrogen) atoms. The number of thiazole rings is 1. The maximum Gasteiger partial charge on any atom is 0.328 e. The number of nitrogens with one attached hydrogen (secondary N) is 1. The van der Waals surface area contributed by atoms with Gasteiger partial charge in [0.25, 0.3) is 0 Å². The lowest BCUT2D eigenvalue weighted by molar-refractivity contribution is -0.146. The minimum Gasteiger partial charge on any atom is -0.467 e. The van der Waals surface area contributed by atoms with E-state index < -0.39 is 12.0 Å². The summed E-state index contributed by atoms with van der Waals surface area (Å²) in [4.78, 5) is 28.0. The van der Waals surface area contributed by atoms with Crippen LogP contribution in [0.15, 0.2) is 5.38 Å². The van der Waals surface area contributed by atoms with Crippen molar-refractivity contribution in [1.29, 1.82) is 0 Å². The van der Waals surface area contributed by atoms with Gasteiger partial charge in [-0.3, -0.25) is 4.79 Å². The van der Waals surface area contributed by atoms with Gasteiger partial charge in [-0.2, -0.15) is 0 Å². The Kier molecular flexibility index (Phi) is 6.81. The van der Waals surface area contributed by atoms with E-state index in [2.05, 4.69) is 24.1 Å². The fraction of sp³-hybridized carbons (Fsp3) is 0.667. The van der Waals surface area contributed by atoms with Crippen molar-refractivity contribution >= 4 is 23.2 Å². The van der Waals surface area contributed by atoms with Crippen molar-refractivity contribution in [3.8, 4) is 0 Å². The number of aryl methyl sites for hydroxylation is 1. The first-order valence-electron chi connectivity index (χ1n) is 7.16. The van der Waals surface area contributed by atoms with Gasteiger partial charge in [0.2, 0.25) is 5.91 Å². The average Bonchev–Trinajstić information content (AvgIpc) is 2.90. The summed E-state index contributed by atoms with van der Waals surface area (Å²) >= 11 is 1.62. The van der Waals surface area contributed by atoms with E-state index >= 15 is 0 Å². The molecule has 1 rings (SSSR count). The molecule has 0 aromatic carbocycles. The monoisotopic (exact) mass is 312 g/mol. The fourth-order valence-corrected chi connectivity index (χ4v) is 2.68. The maximum absolute atomic E-state index is 11.9. The Hall–Kier alpha value is -1.43. The number of methoxy groups -OCH3 is 1. The van der Waals surface area contributed by atoms with Crippen LogP contribution in [0, 0.1) is 5.92 Å². The standard InChI is InChI=1S/C15H24N2O3S/c1-9(2)13(15(19)20-5)17-12(18)7-6-11-8-21-14(16-11)10(3)4/h8-10,13H,6-7H2,1-5H3,(H,17,18)/t13-/m0/s1. The molecular weight excluding hydrogens is 288 g/mol. The van der Waals surface area contributed by atoms with E-state index in [1.54, 1.807) is 11.3 Å². The number of nitrogens with zero attached hydrogens (tertiary/aromatic N) is 1. The van der Waals surface area contributed by atoms with E-state index in [1.165, 1.54) is 7.11 Å². The predicted octanol–water partition coefficient (Wildman–Crippen LogP) is 2.51. The minimum absolute atomic E-state index is 0.00628. The van der Waals surface area contributed by atoms with Crippen molar-refractivity contribution in [3.63, 3.8) is 0 Å². The molecule has 118 valence electrons. The number of esters is 1. The second-order valence-corrected chi connectivity index (χ2v) is 6.53. The molecule has 0 radical (unpaired) electrons. The van der Waals surface area contributed by atoms with E-state index in [-0.39, 0.29) is 11.8 Å². The van der Waals surface area contributed by atoms with Crippen LogP contribution in [0.2, 0.25) is 0 Å². The quantitative estimate of drug-likeness (QED) is 0.786. The van der Waals surface area contributed by atoms with Crippen molar-refractivity contribution in [3.05, 3.63) is 16.1 Å². The Bertz CT molecular complexity index is 483. The number of hydrogen-bond donors (Lipinski definition) is 1. The zero-order valence-corrected chi connectivity index (χ0v) is 14.1. The van der Waals surface area contributed by atoms with Gasteiger partial charge in [-0.15, -0.1) is 11.3 Å². The third-order valence-electron chi connectivity index (χ3n) is 3.11. The van der Waals surface area contributed by atoms with Gasteiger partial charge in [0.1, 0.15) is 6.04 Å². The highest BCUT2D eigenvalue weighted by Gasteiger charge is 2.24. The molecule has 5 nitrogen and oxygen atoms in total. The number of rotatable bonds is 7. The third-order valence-corrected chi connectivity index (χ3v) is 4.30. The normalized spacial score (nSPS) is 12.5. The highest BCUT2D eigenvalue weighted by Crippen LogP contribution is 2.19.